The number of benzene rings is 2. The van der Waals surface area contributed by atoms with Gasteiger partial charge in [-0.2, -0.15) is 0 Å². The summed E-state index contributed by atoms with van der Waals surface area (Å²) < 4.78 is 0. The van der Waals surface area contributed by atoms with E-state index in [0.717, 1.165) is 11.4 Å². The second-order valence-corrected chi connectivity index (χ2v) is 3.90. The van der Waals surface area contributed by atoms with E-state index in [2.05, 4.69) is 36.2 Å². The van der Waals surface area contributed by atoms with Crippen molar-refractivity contribution in [3.05, 3.63) is 65.7 Å². The minimum atomic E-state index is 1.01. The van der Waals surface area contributed by atoms with Gasteiger partial charge in [0.2, 0.25) is 0 Å². The van der Waals surface area contributed by atoms with Gasteiger partial charge in [-0.25, -0.2) is 0 Å². The van der Waals surface area contributed by atoms with Gasteiger partial charge in [0.15, 0.2) is 0 Å². The largest absolute Gasteiger partial charge is 0.253 e. The Kier molecular flexibility index (Phi) is 3.16. The van der Waals surface area contributed by atoms with Crippen LogP contribution in [0.1, 0.15) is 18.1 Å². The molecule has 0 radical (unpaired) electrons. The number of nitrogens with zero attached hydrogens (tertiary/aromatic N) is 1. The van der Waals surface area contributed by atoms with Gasteiger partial charge in [0.25, 0.3) is 0 Å². The molecule has 0 aliphatic rings. The van der Waals surface area contributed by atoms with Crippen molar-refractivity contribution in [2.75, 3.05) is 0 Å². The van der Waals surface area contributed by atoms with Crippen LogP contribution in [-0.4, -0.2) is 5.71 Å². The molecule has 0 heterocycles. The maximum atomic E-state index is 4.59. The zero-order valence-corrected chi connectivity index (χ0v) is 9.64. The van der Waals surface area contributed by atoms with Crippen LogP contribution in [0.25, 0.3) is 0 Å². The topological polar surface area (TPSA) is 12.4 Å². The highest BCUT2D eigenvalue weighted by Crippen LogP contribution is 2.14. The third kappa shape index (κ3) is 2.57. The van der Waals surface area contributed by atoms with Gasteiger partial charge in [0, 0.05) is 5.71 Å². The van der Waals surface area contributed by atoms with E-state index < -0.39 is 0 Å². The van der Waals surface area contributed by atoms with Crippen molar-refractivity contribution >= 4 is 11.4 Å². The van der Waals surface area contributed by atoms with Crippen molar-refractivity contribution in [1.82, 2.24) is 0 Å². The van der Waals surface area contributed by atoms with E-state index in [0.29, 0.717) is 0 Å². The summed E-state index contributed by atoms with van der Waals surface area (Å²) >= 11 is 0. The Morgan fingerprint density at radius 1 is 0.875 bits per heavy atom. The molecule has 0 aliphatic heterocycles. The Bertz CT molecular complexity index is 481. The zero-order valence-electron chi connectivity index (χ0n) is 9.64. The molecule has 0 amide bonds. The third-order valence-electron chi connectivity index (χ3n) is 2.52. The molecular formula is C15H15N. The number of hydrogen-bond acceptors (Lipinski definition) is 1. The molecule has 0 N–H and O–H groups in total. The average molecular weight is 209 g/mol. The lowest BCUT2D eigenvalue weighted by molar-refractivity contribution is 1.42. The van der Waals surface area contributed by atoms with Gasteiger partial charge in [0.05, 0.1) is 5.69 Å². The number of aryl methyl sites for hydroxylation is 1. The lowest BCUT2D eigenvalue weighted by atomic mass is 10.1. The van der Waals surface area contributed by atoms with Crippen molar-refractivity contribution < 1.29 is 0 Å². The van der Waals surface area contributed by atoms with Crippen molar-refractivity contribution in [2.24, 2.45) is 4.99 Å². The Morgan fingerprint density at radius 2 is 1.50 bits per heavy atom. The van der Waals surface area contributed by atoms with Crippen LogP contribution in [0.2, 0.25) is 0 Å². The molecule has 0 saturated carbocycles. The monoisotopic (exact) mass is 209 g/mol. The Labute approximate surface area is 96.5 Å². The van der Waals surface area contributed by atoms with Crippen LogP contribution in [-0.2, 0) is 0 Å². The summed E-state index contributed by atoms with van der Waals surface area (Å²) in [5.41, 5.74) is 4.48. The van der Waals surface area contributed by atoms with Crippen LogP contribution >= 0.6 is 0 Å². The SMILES string of the molecule is CC(=Nc1ccc(C)cc1)c1ccccc1. The molecule has 0 aromatic heterocycles. The first kappa shape index (κ1) is 10.6. The Balaban J connectivity index is 2.28. The molecule has 0 saturated heterocycles. The van der Waals surface area contributed by atoms with Gasteiger partial charge in [-0.1, -0.05) is 48.0 Å². The second-order valence-electron chi connectivity index (χ2n) is 3.90. The van der Waals surface area contributed by atoms with Crippen LogP contribution in [0, 0.1) is 6.92 Å². The van der Waals surface area contributed by atoms with Gasteiger partial charge in [-0.3, -0.25) is 4.99 Å². The normalized spacial score (nSPS) is 11.5. The highest BCUT2D eigenvalue weighted by Gasteiger charge is 1.96. The van der Waals surface area contributed by atoms with Crippen LogP contribution < -0.4 is 0 Å². The first-order valence-electron chi connectivity index (χ1n) is 5.43. The van der Waals surface area contributed by atoms with Gasteiger partial charge in [-0.05, 0) is 31.5 Å². The van der Waals surface area contributed by atoms with E-state index in [-0.39, 0.29) is 0 Å². The molecule has 1 nitrogen and oxygen atoms in total. The predicted octanol–water partition coefficient (Wildman–Crippen LogP) is 4.14. The molecule has 0 spiro atoms. The first-order valence-corrected chi connectivity index (χ1v) is 5.43. The van der Waals surface area contributed by atoms with Gasteiger partial charge < -0.3 is 0 Å². The van der Waals surface area contributed by atoms with Crippen LogP contribution in [0.3, 0.4) is 0 Å². The summed E-state index contributed by atoms with van der Waals surface area (Å²) in [6.07, 6.45) is 0. The number of rotatable bonds is 2. The fourth-order valence-corrected chi connectivity index (χ4v) is 1.56. The molecule has 0 aliphatic carbocycles. The summed E-state index contributed by atoms with van der Waals surface area (Å²) in [4.78, 5) is 4.59. The van der Waals surface area contributed by atoms with E-state index in [9.17, 15) is 0 Å². The second kappa shape index (κ2) is 4.75. The molecule has 80 valence electrons. The van der Waals surface area contributed by atoms with E-state index in [4.69, 9.17) is 0 Å². The van der Waals surface area contributed by atoms with Crippen molar-refractivity contribution in [3.63, 3.8) is 0 Å². The minimum absolute atomic E-state index is 1.01. The third-order valence-corrected chi connectivity index (χ3v) is 2.52. The molecule has 2 aromatic rings. The highest BCUT2D eigenvalue weighted by atomic mass is 14.7. The van der Waals surface area contributed by atoms with Gasteiger partial charge in [-0.15, -0.1) is 0 Å². The van der Waals surface area contributed by atoms with E-state index in [1.54, 1.807) is 0 Å². The molecule has 2 rings (SSSR count). The molecule has 0 bridgehead atoms. The van der Waals surface area contributed by atoms with E-state index in [1.807, 2.05) is 37.3 Å². The Hall–Kier alpha value is -1.89. The maximum absolute atomic E-state index is 4.59. The van der Waals surface area contributed by atoms with E-state index in [1.165, 1.54) is 11.1 Å². The number of hydrogen-bond donors (Lipinski definition) is 0. The van der Waals surface area contributed by atoms with Crippen molar-refractivity contribution in [1.29, 1.82) is 0 Å². The minimum Gasteiger partial charge on any atom is -0.253 e. The molecule has 0 atom stereocenters. The highest BCUT2D eigenvalue weighted by molar-refractivity contribution is 6.00. The molecule has 1 heteroatoms. The standard InChI is InChI=1S/C15H15N/c1-12-8-10-15(11-9-12)16-13(2)14-6-4-3-5-7-14/h3-11H,1-2H3. The van der Waals surface area contributed by atoms with Crippen molar-refractivity contribution in [3.8, 4) is 0 Å². The molecule has 16 heavy (non-hydrogen) atoms. The molecular weight excluding hydrogens is 194 g/mol. The van der Waals surface area contributed by atoms with Crippen LogP contribution in [0.4, 0.5) is 5.69 Å². The quantitative estimate of drug-likeness (QED) is 0.659. The Morgan fingerprint density at radius 3 is 2.12 bits per heavy atom. The summed E-state index contributed by atoms with van der Waals surface area (Å²) in [5, 5.41) is 0. The summed E-state index contributed by atoms with van der Waals surface area (Å²) in [6, 6.07) is 18.5. The molecule has 0 fully saturated rings. The van der Waals surface area contributed by atoms with Crippen LogP contribution in [0.15, 0.2) is 59.6 Å². The fourth-order valence-electron chi connectivity index (χ4n) is 1.56. The number of aliphatic imine (C=N–C) groups is 1. The first-order chi connectivity index (χ1) is 7.75. The zero-order chi connectivity index (χ0) is 11.4. The summed E-state index contributed by atoms with van der Waals surface area (Å²) in [7, 11) is 0. The summed E-state index contributed by atoms with van der Waals surface area (Å²) in [6.45, 7) is 4.12. The molecule has 0 unspecified atom stereocenters. The predicted molar refractivity (Wildman–Crippen MR) is 69.5 cm³/mol. The lowest BCUT2D eigenvalue weighted by Gasteiger charge is -2.01. The van der Waals surface area contributed by atoms with Gasteiger partial charge >= 0.3 is 0 Å². The fraction of sp³-hybridized carbons (Fsp3) is 0.133. The van der Waals surface area contributed by atoms with E-state index >= 15 is 0 Å². The summed E-state index contributed by atoms with van der Waals surface area (Å²) in [5.74, 6) is 0. The van der Waals surface area contributed by atoms with Crippen LogP contribution in [0.5, 0.6) is 0 Å². The average Bonchev–Trinajstić information content (AvgIpc) is 2.33. The molecule has 2 aromatic carbocycles. The smallest absolute Gasteiger partial charge is 0.0633 e. The van der Waals surface area contributed by atoms with Crippen molar-refractivity contribution in [2.45, 2.75) is 13.8 Å². The lowest BCUT2D eigenvalue weighted by Crippen LogP contribution is -1.92. The van der Waals surface area contributed by atoms with Gasteiger partial charge in [0.1, 0.15) is 0 Å². The maximum Gasteiger partial charge on any atom is 0.0633 e.